The summed E-state index contributed by atoms with van der Waals surface area (Å²) in [4.78, 5) is 14.0. The lowest BCUT2D eigenvalue weighted by Gasteiger charge is -2.42. The number of nitrogens with one attached hydrogen (secondary N) is 1. The third-order valence-electron chi connectivity index (χ3n) is 5.28. The normalized spacial score (nSPS) is 16.8. The van der Waals surface area contributed by atoms with Gasteiger partial charge < -0.3 is 16.0 Å². The Balaban J connectivity index is 1.85. The largest absolute Gasteiger partial charge is 0.370 e. The fraction of sp³-hybridized carbons (Fsp3) is 0.800. The van der Waals surface area contributed by atoms with Gasteiger partial charge in [0.25, 0.3) is 0 Å². The molecule has 26 heavy (non-hydrogen) atoms. The highest BCUT2D eigenvalue weighted by molar-refractivity contribution is 5.49. The minimum atomic E-state index is 0.281. The summed E-state index contributed by atoms with van der Waals surface area (Å²) in [5, 5.41) is 3.46. The maximum atomic E-state index is 5.85. The van der Waals surface area contributed by atoms with Crippen LogP contribution in [-0.4, -0.2) is 64.6 Å². The van der Waals surface area contributed by atoms with E-state index >= 15 is 0 Å². The molecule has 0 aromatic carbocycles. The van der Waals surface area contributed by atoms with E-state index in [1.165, 1.54) is 12.0 Å². The van der Waals surface area contributed by atoms with Gasteiger partial charge in [0.05, 0.1) is 0 Å². The number of rotatable bonds is 8. The predicted octanol–water partition coefficient (Wildman–Crippen LogP) is 2.93. The van der Waals surface area contributed by atoms with Crippen molar-refractivity contribution in [2.75, 3.05) is 50.3 Å². The van der Waals surface area contributed by atoms with Gasteiger partial charge in [-0.3, -0.25) is 4.90 Å². The number of aromatic nitrogens is 2. The van der Waals surface area contributed by atoms with E-state index in [0.717, 1.165) is 70.0 Å². The second kappa shape index (κ2) is 9.51. The molecule has 1 saturated heterocycles. The van der Waals surface area contributed by atoms with Crippen molar-refractivity contribution in [3.05, 3.63) is 11.3 Å². The van der Waals surface area contributed by atoms with Gasteiger partial charge in [0.15, 0.2) is 0 Å². The van der Waals surface area contributed by atoms with Crippen LogP contribution in [0, 0.1) is 6.92 Å². The molecule has 0 saturated carbocycles. The summed E-state index contributed by atoms with van der Waals surface area (Å²) in [5.74, 6) is 1.30. The third-order valence-corrected chi connectivity index (χ3v) is 5.28. The van der Waals surface area contributed by atoms with Gasteiger partial charge in [0, 0.05) is 49.5 Å². The Bertz CT molecular complexity index is 558. The average Bonchev–Trinajstić information content (AvgIpc) is 2.57. The van der Waals surface area contributed by atoms with Crippen molar-refractivity contribution in [1.29, 1.82) is 0 Å². The Morgan fingerprint density at radius 2 is 1.77 bits per heavy atom. The van der Waals surface area contributed by atoms with Gasteiger partial charge in [0.1, 0.15) is 5.82 Å². The molecule has 1 aliphatic heterocycles. The molecule has 0 radical (unpaired) electrons. The second-order valence-electron chi connectivity index (χ2n) is 8.38. The van der Waals surface area contributed by atoms with Gasteiger partial charge in [-0.05, 0) is 53.5 Å². The molecule has 3 N–H and O–H groups in total. The van der Waals surface area contributed by atoms with E-state index in [1.807, 2.05) is 6.92 Å². The zero-order valence-corrected chi connectivity index (χ0v) is 17.4. The van der Waals surface area contributed by atoms with Crippen molar-refractivity contribution >= 4 is 11.8 Å². The zero-order chi connectivity index (χ0) is 19.2. The Hall–Kier alpha value is -1.40. The summed E-state index contributed by atoms with van der Waals surface area (Å²) in [6.45, 7) is 17.9. The Labute approximate surface area is 159 Å². The van der Waals surface area contributed by atoms with Gasteiger partial charge in [0.2, 0.25) is 5.95 Å². The number of aryl methyl sites for hydroxylation is 1. The van der Waals surface area contributed by atoms with Crippen molar-refractivity contribution in [3.63, 3.8) is 0 Å². The summed E-state index contributed by atoms with van der Waals surface area (Å²) in [6, 6.07) is 0. The van der Waals surface area contributed by atoms with E-state index in [4.69, 9.17) is 5.73 Å². The van der Waals surface area contributed by atoms with Crippen LogP contribution in [0.25, 0.3) is 0 Å². The highest BCUT2D eigenvalue weighted by Crippen LogP contribution is 2.20. The van der Waals surface area contributed by atoms with Crippen LogP contribution in [0.3, 0.4) is 0 Å². The van der Waals surface area contributed by atoms with Crippen LogP contribution in [0.1, 0.15) is 58.2 Å². The van der Waals surface area contributed by atoms with Gasteiger partial charge in [-0.1, -0.05) is 13.3 Å². The smallest absolute Gasteiger partial charge is 0.222 e. The standard InChI is InChI=1S/C20H38N6/c1-6-7-10-22-18-17(16(2)23-19(21)24-18)9-8-11-25-12-14-26(15-13-25)20(3,4)5/h6-15H2,1-5H3,(H3,21,22,23,24). The summed E-state index contributed by atoms with van der Waals surface area (Å²) in [6.07, 6.45) is 4.44. The maximum Gasteiger partial charge on any atom is 0.222 e. The minimum absolute atomic E-state index is 0.281. The van der Waals surface area contributed by atoms with E-state index in [0.29, 0.717) is 5.95 Å². The molecule has 1 fully saturated rings. The molecule has 0 bridgehead atoms. The molecule has 2 heterocycles. The molecule has 0 aliphatic carbocycles. The molecule has 0 atom stereocenters. The molecule has 0 spiro atoms. The summed E-state index contributed by atoms with van der Waals surface area (Å²) < 4.78 is 0. The van der Waals surface area contributed by atoms with Crippen LogP contribution in [0.2, 0.25) is 0 Å². The number of hydrogen-bond acceptors (Lipinski definition) is 6. The topological polar surface area (TPSA) is 70.3 Å². The van der Waals surface area contributed by atoms with Crippen LogP contribution >= 0.6 is 0 Å². The molecule has 6 nitrogen and oxygen atoms in total. The van der Waals surface area contributed by atoms with Crippen LogP contribution in [0.15, 0.2) is 0 Å². The van der Waals surface area contributed by atoms with Crippen molar-refractivity contribution < 1.29 is 0 Å². The van der Waals surface area contributed by atoms with Gasteiger partial charge in [-0.25, -0.2) is 4.98 Å². The fourth-order valence-corrected chi connectivity index (χ4v) is 3.57. The minimum Gasteiger partial charge on any atom is -0.370 e. The number of nitrogen functional groups attached to an aromatic ring is 1. The molecule has 0 unspecified atom stereocenters. The highest BCUT2D eigenvalue weighted by Gasteiger charge is 2.25. The monoisotopic (exact) mass is 362 g/mol. The van der Waals surface area contributed by atoms with Gasteiger partial charge >= 0.3 is 0 Å². The lowest BCUT2D eigenvalue weighted by Crippen LogP contribution is -2.53. The van der Waals surface area contributed by atoms with Gasteiger partial charge in [-0.2, -0.15) is 4.98 Å². The first-order valence-electron chi connectivity index (χ1n) is 10.2. The van der Waals surface area contributed by atoms with Crippen LogP contribution < -0.4 is 11.1 Å². The zero-order valence-electron chi connectivity index (χ0n) is 17.4. The SMILES string of the molecule is CCCCNc1nc(N)nc(C)c1CCCN1CCN(C(C)(C)C)CC1. The lowest BCUT2D eigenvalue weighted by molar-refractivity contribution is 0.0619. The predicted molar refractivity (Wildman–Crippen MR) is 111 cm³/mol. The van der Waals surface area contributed by atoms with Gasteiger partial charge in [-0.15, -0.1) is 0 Å². The first-order valence-corrected chi connectivity index (χ1v) is 10.2. The molecule has 1 aromatic heterocycles. The first-order chi connectivity index (χ1) is 12.3. The fourth-order valence-electron chi connectivity index (χ4n) is 3.57. The molecule has 1 aliphatic rings. The van der Waals surface area contributed by atoms with Crippen LogP contribution in [-0.2, 0) is 6.42 Å². The Kier molecular flexibility index (Phi) is 7.65. The lowest BCUT2D eigenvalue weighted by atomic mass is 10.0. The molecular formula is C20H38N6. The average molecular weight is 363 g/mol. The Morgan fingerprint density at radius 1 is 1.08 bits per heavy atom. The third kappa shape index (κ3) is 6.09. The Morgan fingerprint density at radius 3 is 2.38 bits per heavy atom. The van der Waals surface area contributed by atoms with E-state index in [9.17, 15) is 0 Å². The van der Waals surface area contributed by atoms with E-state index in [1.54, 1.807) is 0 Å². The van der Waals surface area contributed by atoms with Crippen LogP contribution in [0.5, 0.6) is 0 Å². The maximum absolute atomic E-state index is 5.85. The number of piperazine rings is 1. The molecular weight excluding hydrogens is 324 g/mol. The van der Waals surface area contributed by atoms with Crippen molar-refractivity contribution in [2.24, 2.45) is 0 Å². The van der Waals surface area contributed by atoms with Crippen molar-refractivity contribution in [1.82, 2.24) is 19.8 Å². The summed E-state index contributed by atoms with van der Waals surface area (Å²) >= 11 is 0. The number of nitrogens with zero attached hydrogens (tertiary/aromatic N) is 4. The van der Waals surface area contributed by atoms with E-state index in [-0.39, 0.29) is 5.54 Å². The number of nitrogens with two attached hydrogens (primary N) is 1. The number of unbranched alkanes of at least 4 members (excludes halogenated alkanes) is 1. The molecule has 6 heteroatoms. The quantitative estimate of drug-likeness (QED) is 0.693. The second-order valence-corrected chi connectivity index (χ2v) is 8.38. The molecule has 0 amide bonds. The van der Waals surface area contributed by atoms with Crippen molar-refractivity contribution in [3.8, 4) is 0 Å². The summed E-state index contributed by atoms with van der Waals surface area (Å²) in [5.41, 5.74) is 8.37. The number of hydrogen-bond donors (Lipinski definition) is 2. The van der Waals surface area contributed by atoms with E-state index < -0.39 is 0 Å². The molecule has 148 valence electrons. The first kappa shape index (κ1) is 20.9. The van der Waals surface area contributed by atoms with Crippen molar-refractivity contribution in [2.45, 2.75) is 65.8 Å². The molecule has 2 rings (SSSR count). The van der Waals surface area contributed by atoms with Crippen LogP contribution in [0.4, 0.5) is 11.8 Å². The number of anilines is 2. The highest BCUT2D eigenvalue weighted by atomic mass is 15.3. The van der Waals surface area contributed by atoms with E-state index in [2.05, 4.69) is 52.8 Å². The molecule has 1 aromatic rings. The summed E-state index contributed by atoms with van der Waals surface area (Å²) in [7, 11) is 0.